The van der Waals surface area contributed by atoms with E-state index in [2.05, 4.69) is 0 Å². The quantitative estimate of drug-likeness (QED) is 0.759. The molecule has 1 atom stereocenters. The lowest BCUT2D eigenvalue weighted by Crippen LogP contribution is -2.10. The fourth-order valence-electron chi connectivity index (χ4n) is 1.03. The molecule has 72 valence electrons. The second kappa shape index (κ2) is 3.79. The van der Waals surface area contributed by atoms with E-state index in [1.54, 1.807) is 0 Å². The molecule has 0 saturated heterocycles. The number of halogens is 3. The van der Waals surface area contributed by atoms with Crippen molar-refractivity contribution in [2.45, 2.75) is 19.5 Å². The summed E-state index contributed by atoms with van der Waals surface area (Å²) in [4.78, 5) is 0. The average Bonchev–Trinajstić information content (AvgIpc) is 2.08. The monoisotopic (exact) mass is 190 g/mol. The summed E-state index contributed by atoms with van der Waals surface area (Å²) in [6.45, 7) is 1.46. The molecule has 0 fully saturated rings. The van der Waals surface area contributed by atoms with E-state index in [-0.39, 0.29) is 11.1 Å². The first-order valence-corrected chi connectivity index (χ1v) is 3.75. The molecule has 1 nitrogen and oxygen atoms in total. The number of aryl methyl sites for hydroxylation is 1. The van der Waals surface area contributed by atoms with Gasteiger partial charge in [0.1, 0.15) is 11.9 Å². The summed E-state index contributed by atoms with van der Waals surface area (Å²) in [5, 5.41) is 8.91. The van der Waals surface area contributed by atoms with Crippen molar-refractivity contribution in [3.05, 3.63) is 35.1 Å². The molecular formula is C9H9F3O. The van der Waals surface area contributed by atoms with E-state index >= 15 is 0 Å². The zero-order chi connectivity index (χ0) is 10.0. The molecule has 1 rings (SSSR count). The minimum Gasteiger partial charge on any atom is -0.382 e. The van der Waals surface area contributed by atoms with Gasteiger partial charge in [-0.2, -0.15) is 0 Å². The van der Waals surface area contributed by atoms with Crippen LogP contribution in [0.4, 0.5) is 13.2 Å². The lowest BCUT2D eigenvalue weighted by atomic mass is 10.1. The number of hydrogen-bond acceptors (Lipinski definition) is 1. The zero-order valence-electron chi connectivity index (χ0n) is 6.97. The van der Waals surface area contributed by atoms with Crippen molar-refractivity contribution in [3.8, 4) is 0 Å². The Labute approximate surface area is 73.8 Å². The molecule has 0 heterocycles. The van der Waals surface area contributed by atoms with Crippen LogP contribution in [0.5, 0.6) is 0 Å². The van der Waals surface area contributed by atoms with Gasteiger partial charge in [0.15, 0.2) is 0 Å². The van der Waals surface area contributed by atoms with Gasteiger partial charge < -0.3 is 5.11 Å². The van der Waals surface area contributed by atoms with Crippen molar-refractivity contribution in [2.24, 2.45) is 0 Å². The Morgan fingerprint density at radius 3 is 2.46 bits per heavy atom. The highest BCUT2D eigenvalue weighted by atomic mass is 19.3. The second-order valence-electron chi connectivity index (χ2n) is 2.76. The summed E-state index contributed by atoms with van der Waals surface area (Å²) in [6.07, 6.45) is -5.00. The van der Waals surface area contributed by atoms with E-state index in [1.165, 1.54) is 19.1 Å². The van der Waals surface area contributed by atoms with Crippen LogP contribution in [0.15, 0.2) is 18.2 Å². The number of rotatable bonds is 2. The van der Waals surface area contributed by atoms with Crippen LogP contribution < -0.4 is 0 Å². The van der Waals surface area contributed by atoms with Crippen LogP contribution in [0.2, 0.25) is 0 Å². The van der Waals surface area contributed by atoms with Gasteiger partial charge in [0.05, 0.1) is 0 Å². The lowest BCUT2D eigenvalue weighted by Gasteiger charge is -2.11. The molecule has 0 amide bonds. The largest absolute Gasteiger partial charge is 0.382 e. The Bertz CT molecular complexity index is 299. The van der Waals surface area contributed by atoms with Gasteiger partial charge in [-0.25, -0.2) is 13.2 Å². The van der Waals surface area contributed by atoms with Gasteiger partial charge in [-0.15, -0.1) is 0 Å². The summed E-state index contributed by atoms with van der Waals surface area (Å²) in [5.41, 5.74) is -0.104. The van der Waals surface area contributed by atoms with Gasteiger partial charge in [-0.3, -0.25) is 0 Å². The number of alkyl halides is 2. The number of benzene rings is 1. The molecule has 13 heavy (non-hydrogen) atoms. The molecule has 0 aromatic heterocycles. The average molecular weight is 190 g/mol. The molecule has 0 spiro atoms. The van der Waals surface area contributed by atoms with Crippen LogP contribution in [0.3, 0.4) is 0 Å². The van der Waals surface area contributed by atoms with Crippen molar-refractivity contribution in [1.82, 2.24) is 0 Å². The topological polar surface area (TPSA) is 20.2 Å². The molecule has 1 aromatic carbocycles. The fraction of sp³-hybridized carbons (Fsp3) is 0.333. The molecule has 0 aliphatic carbocycles. The van der Waals surface area contributed by atoms with E-state index in [0.29, 0.717) is 0 Å². The van der Waals surface area contributed by atoms with E-state index in [1.807, 2.05) is 0 Å². The van der Waals surface area contributed by atoms with Crippen LogP contribution in [-0.2, 0) is 0 Å². The highest BCUT2D eigenvalue weighted by molar-refractivity contribution is 5.26. The smallest absolute Gasteiger partial charge is 0.268 e. The standard InChI is InChI=1S/C9H9F3O/c1-5-3-2-4-6(7(5)10)8(13)9(11)12/h2-4,8-9,13H,1H3. The van der Waals surface area contributed by atoms with Gasteiger partial charge in [0, 0.05) is 5.56 Å². The van der Waals surface area contributed by atoms with Gasteiger partial charge in [0.2, 0.25) is 0 Å². The number of aliphatic hydroxyl groups excluding tert-OH is 1. The van der Waals surface area contributed by atoms with Crippen molar-refractivity contribution in [3.63, 3.8) is 0 Å². The summed E-state index contributed by atoms with van der Waals surface area (Å²) in [6, 6.07) is 4.04. The molecular weight excluding hydrogens is 181 g/mol. The minimum absolute atomic E-state index is 0.247. The van der Waals surface area contributed by atoms with Crippen LogP contribution in [0.25, 0.3) is 0 Å². The fourth-order valence-corrected chi connectivity index (χ4v) is 1.03. The summed E-state index contributed by atoms with van der Waals surface area (Å²) >= 11 is 0. The van der Waals surface area contributed by atoms with Crippen molar-refractivity contribution in [2.75, 3.05) is 0 Å². The normalized spacial score (nSPS) is 13.4. The minimum atomic E-state index is -2.96. The summed E-state index contributed by atoms with van der Waals surface area (Å²) in [5.74, 6) is -0.768. The first-order valence-electron chi connectivity index (χ1n) is 3.75. The Morgan fingerprint density at radius 2 is 1.92 bits per heavy atom. The summed E-state index contributed by atoms with van der Waals surface area (Å²) in [7, 11) is 0. The summed E-state index contributed by atoms with van der Waals surface area (Å²) < 4.78 is 37.1. The van der Waals surface area contributed by atoms with Crippen LogP contribution >= 0.6 is 0 Å². The first kappa shape index (κ1) is 10.1. The third kappa shape index (κ3) is 2.01. The molecule has 1 N–H and O–H groups in total. The predicted molar refractivity (Wildman–Crippen MR) is 42.1 cm³/mol. The van der Waals surface area contributed by atoms with Gasteiger partial charge >= 0.3 is 0 Å². The Balaban J connectivity index is 3.07. The third-order valence-electron chi connectivity index (χ3n) is 1.78. The van der Waals surface area contributed by atoms with Crippen molar-refractivity contribution < 1.29 is 18.3 Å². The SMILES string of the molecule is Cc1cccc(C(O)C(F)F)c1F. The molecule has 0 saturated carbocycles. The number of hydrogen-bond donors (Lipinski definition) is 1. The molecule has 4 heteroatoms. The van der Waals surface area contributed by atoms with E-state index in [9.17, 15) is 13.2 Å². The maximum absolute atomic E-state index is 13.1. The number of aliphatic hydroxyl groups is 1. The van der Waals surface area contributed by atoms with Gasteiger partial charge in [0.25, 0.3) is 6.43 Å². The molecule has 0 aliphatic rings. The third-order valence-corrected chi connectivity index (χ3v) is 1.78. The Kier molecular flexibility index (Phi) is 2.93. The van der Waals surface area contributed by atoms with E-state index in [4.69, 9.17) is 5.11 Å². The zero-order valence-corrected chi connectivity index (χ0v) is 6.97. The Hall–Kier alpha value is -1.03. The van der Waals surface area contributed by atoms with Gasteiger partial charge in [-0.05, 0) is 12.5 Å². The van der Waals surface area contributed by atoms with Crippen LogP contribution in [0.1, 0.15) is 17.2 Å². The first-order chi connectivity index (χ1) is 6.04. The molecule has 1 aromatic rings. The van der Waals surface area contributed by atoms with Crippen LogP contribution in [-0.4, -0.2) is 11.5 Å². The van der Waals surface area contributed by atoms with E-state index in [0.717, 1.165) is 6.07 Å². The van der Waals surface area contributed by atoms with Crippen molar-refractivity contribution in [1.29, 1.82) is 0 Å². The molecule has 0 bridgehead atoms. The van der Waals surface area contributed by atoms with Crippen molar-refractivity contribution >= 4 is 0 Å². The predicted octanol–water partition coefficient (Wildman–Crippen LogP) is 2.43. The molecule has 1 unspecified atom stereocenters. The Morgan fingerprint density at radius 1 is 1.31 bits per heavy atom. The molecule has 0 radical (unpaired) electrons. The van der Waals surface area contributed by atoms with Gasteiger partial charge in [-0.1, -0.05) is 18.2 Å². The highest BCUT2D eigenvalue weighted by Gasteiger charge is 2.22. The van der Waals surface area contributed by atoms with E-state index < -0.39 is 18.3 Å². The van der Waals surface area contributed by atoms with Crippen LogP contribution in [0, 0.1) is 12.7 Å². The lowest BCUT2D eigenvalue weighted by molar-refractivity contribution is -0.00776. The maximum Gasteiger partial charge on any atom is 0.268 e. The second-order valence-corrected chi connectivity index (χ2v) is 2.76. The highest BCUT2D eigenvalue weighted by Crippen LogP contribution is 2.24. The molecule has 0 aliphatic heterocycles. The maximum atomic E-state index is 13.1.